The van der Waals surface area contributed by atoms with Crippen LogP contribution in [-0.2, 0) is 11.3 Å². The smallest absolute Gasteiger partial charge is 0.155 e. The van der Waals surface area contributed by atoms with Crippen LogP contribution in [0.15, 0.2) is 6.07 Å². The van der Waals surface area contributed by atoms with Crippen LogP contribution in [0.2, 0.25) is 5.15 Å². The Kier molecular flexibility index (Phi) is 5.71. The summed E-state index contributed by atoms with van der Waals surface area (Å²) in [4.78, 5) is 8.36. The van der Waals surface area contributed by atoms with E-state index in [9.17, 15) is 0 Å². The summed E-state index contributed by atoms with van der Waals surface area (Å²) in [5.74, 6) is 1.25. The fraction of sp³-hybridized carbons (Fsp3) is 0.667. The molecule has 0 aliphatic carbocycles. The molecule has 0 aliphatic rings. The molecule has 16 heavy (non-hydrogen) atoms. The molecule has 1 heterocycles. The number of ether oxygens (including phenoxy) is 1. The van der Waals surface area contributed by atoms with Crippen molar-refractivity contribution in [1.29, 1.82) is 0 Å². The molecule has 1 rings (SSSR count). The third-order valence-corrected chi connectivity index (χ3v) is 2.48. The topological polar surface area (TPSA) is 35.0 Å². The maximum Gasteiger partial charge on any atom is 0.155 e. The van der Waals surface area contributed by atoms with Crippen LogP contribution < -0.4 is 0 Å². The number of aryl methyl sites for hydroxylation is 1. The fourth-order valence-corrected chi connectivity index (χ4v) is 1.84. The highest BCUT2D eigenvalue weighted by Crippen LogP contribution is 2.09. The molecule has 1 aromatic heterocycles. The van der Waals surface area contributed by atoms with Crippen molar-refractivity contribution >= 4 is 11.6 Å². The summed E-state index contributed by atoms with van der Waals surface area (Å²) in [5, 5.41) is 0.479. The first-order valence-corrected chi connectivity index (χ1v) is 6.07. The molecule has 3 nitrogen and oxygen atoms in total. The van der Waals surface area contributed by atoms with Crippen molar-refractivity contribution in [2.45, 2.75) is 40.2 Å². The second kappa shape index (κ2) is 6.81. The third kappa shape index (κ3) is 4.90. The molecule has 4 heteroatoms. The molecule has 1 atom stereocenters. The molecule has 0 aromatic carbocycles. The minimum absolute atomic E-state index is 0.440. The molecule has 0 spiro atoms. The van der Waals surface area contributed by atoms with Crippen molar-refractivity contribution in [3.05, 3.63) is 22.7 Å². The standard InChI is InChI=1S/C12H19ClN2O/c1-4-5-9(2)7-16-8-12-14-10(3)6-11(13)15-12/h6,9H,4-5,7-8H2,1-3H3. The number of hydrogen-bond donors (Lipinski definition) is 0. The van der Waals surface area contributed by atoms with E-state index in [0.717, 1.165) is 12.3 Å². The van der Waals surface area contributed by atoms with Gasteiger partial charge in [0.2, 0.25) is 0 Å². The molecular weight excluding hydrogens is 224 g/mol. The van der Waals surface area contributed by atoms with Crippen molar-refractivity contribution < 1.29 is 4.74 Å². The molecule has 1 aromatic rings. The molecule has 90 valence electrons. The Bertz CT molecular complexity index is 311. The van der Waals surface area contributed by atoms with Gasteiger partial charge < -0.3 is 4.74 Å². The summed E-state index contributed by atoms with van der Waals surface area (Å²) >= 11 is 5.83. The zero-order chi connectivity index (χ0) is 12.0. The summed E-state index contributed by atoms with van der Waals surface area (Å²) in [6.07, 6.45) is 2.38. The highest BCUT2D eigenvalue weighted by molar-refractivity contribution is 6.29. The Balaban J connectivity index is 2.37. The van der Waals surface area contributed by atoms with Crippen LogP contribution >= 0.6 is 11.6 Å². The number of aromatic nitrogens is 2. The van der Waals surface area contributed by atoms with Crippen molar-refractivity contribution in [2.24, 2.45) is 5.92 Å². The van der Waals surface area contributed by atoms with Crippen molar-refractivity contribution in [3.8, 4) is 0 Å². The van der Waals surface area contributed by atoms with Gasteiger partial charge in [0.05, 0.1) is 0 Å². The van der Waals surface area contributed by atoms with E-state index >= 15 is 0 Å². The number of rotatable bonds is 6. The van der Waals surface area contributed by atoms with E-state index in [1.54, 1.807) is 6.07 Å². The number of halogens is 1. The summed E-state index contributed by atoms with van der Waals surface area (Å²) in [5.41, 5.74) is 0.875. The Morgan fingerprint density at radius 2 is 2.19 bits per heavy atom. The van der Waals surface area contributed by atoms with Crippen LogP contribution in [0.1, 0.15) is 38.2 Å². The summed E-state index contributed by atoms with van der Waals surface area (Å²) < 4.78 is 5.56. The van der Waals surface area contributed by atoms with E-state index in [2.05, 4.69) is 23.8 Å². The molecule has 0 fully saturated rings. The number of nitrogens with zero attached hydrogens (tertiary/aromatic N) is 2. The lowest BCUT2D eigenvalue weighted by Crippen LogP contribution is -2.07. The lowest BCUT2D eigenvalue weighted by Gasteiger charge is -2.10. The van der Waals surface area contributed by atoms with E-state index in [4.69, 9.17) is 16.3 Å². The molecule has 0 bridgehead atoms. The minimum Gasteiger partial charge on any atom is -0.373 e. The summed E-state index contributed by atoms with van der Waals surface area (Å²) in [7, 11) is 0. The van der Waals surface area contributed by atoms with E-state index in [1.807, 2.05) is 6.92 Å². The van der Waals surface area contributed by atoms with Gasteiger partial charge in [0.25, 0.3) is 0 Å². The molecular formula is C12H19ClN2O. The van der Waals surface area contributed by atoms with Gasteiger partial charge >= 0.3 is 0 Å². The predicted molar refractivity (Wildman–Crippen MR) is 65.5 cm³/mol. The highest BCUT2D eigenvalue weighted by Gasteiger charge is 2.04. The van der Waals surface area contributed by atoms with E-state index < -0.39 is 0 Å². The first-order chi connectivity index (χ1) is 7.61. The average molecular weight is 243 g/mol. The second-order valence-corrected chi connectivity index (χ2v) is 4.54. The van der Waals surface area contributed by atoms with Gasteiger partial charge in [-0.2, -0.15) is 0 Å². The van der Waals surface area contributed by atoms with Gasteiger partial charge in [-0.1, -0.05) is 31.9 Å². The molecule has 0 saturated heterocycles. The zero-order valence-electron chi connectivity index (χ0n) is 10.2. The lowest BCUT2D eigenvalue weighted by atomic mass is 10.1. The van der Waals surface area contributed by atoms with Crippen LogP contribution in [0.4, 0.5) is 0 Å². The summed E-state index contributed by atoms with van der Waals surface area (Å²) in [6.45, 7) is 7.46. The first kappa shape index (κ1) is 13.4. The van der Waals surface area contributed by atoms with Gasteiger partial charge in [-0.25, -0.2) is 9.97 Å². The lowest BCUT2D eigenvalue weighted by molar-refractivity contribution is 0.0847. The normalized spacial score (nSPS) is 12.8. The highest BCUT2D eigenvalue weighted by atomic mass is 35.5. The zero-order valence-corrected chi connectivity index (χ0v) is 10.9. The SMILES string of the molecule is CCCC(C)COCc1nc(C)cc(Cl)n1. The van der Waals surface area contributed by atoms with Crippen molar-refractivity contribution in [2.75, 3.05) is 6.61 Å². The molecule has 0 N–H and O–H groups in total. The average Bonchev–Trinajstić information content (AvgIpc) is 2.16. The second-order valence-electron chi connectivity index (χ2n) is 4.16. The largest absolute Gasteiger partial charge is 0.373 e. The molecule has 1 unspecified atom stereocenters. The van der Waals surface area contributed by atoms with Gasteiger partial charge in [0.15, 0.2) is 5.82 Å². The number of hydrogen-bond acceptors (Lipinski definition) is 3. The molecule has 0 saturated carbocycles. The van der Waals surface area contributed by atoms with Crippen LogP contribution in [0, 0.1) is 12.8 Å². The Morgan fingerprint density at radius 3 is 2.81 bits per heavy atom. The van der Waals surface area contributed by atoms with Crippen LogP contribution in [-0.4, -0.2) is 16.6 Å². The predicted octanol–water partition coefficient (Wildman–Crippen LogP) is 3.39. The van der Waals surface area contributed by atoms with Crippen molar-refractivity contribution in [1.82, 2.24) is 9.97 Å². The molecule has 0 radical (unpaired) electrons. The summed E-state index contributed by atoms with van der Waals surface area (Å²) in [6, 6.07) is 1.74. The Labute approximate surface area is 102 Å². The van der Waals surface area contributed by atoms with Gasteiger partial charge in [-0.05, 0) is 25.3 Å². The van der Waals surface area contributed by atoms with Crippen LogP contribution in [0.25, 0.3) is 0 Å². The maximum atomic E-state index is 5.83. The maximum absolute atomic E-state index is 5.83. The minimum atomic E-state index is 0.440. The quantitative estimate of drug-likeness (QED) is 0.718. The molecule has 0 aliphatic heterocycles. The monoisotopic (exact) mass is 242 g/mol. The third-order valence-electron chi connectivity index (χ3n) is 2.28. The van der Waals surface area contributed by atoms with E-state index in [1.165, 1.54) is 12.8 Å². The van der Waals surface area contributed by atoms with Crippen LogP contribution in [0.5, 0.6) is 0 Å². The van der Waals surface area contributed by atoms with Gasteiger partial charge in [0.1, 0.15) is 11.8 Å². The van der Waals surface area contributed by atoms with E-state index in [0.29, 0.717) is 23.5 Å². The van der Waals surface area contributed by atoms with Crippen LogP contribution in [0.3, 0.4) is 0 Å². The van der Waals surface area contributed by atoms with Gasteiger partial charge in [-0.3, -0.25) is 0 Å². The molecule has 0 amide bonds. The Morgan fingerprint density at radius 1 is 1.44 bits per heavy atom. The van der Waals surface area contributed by atoms with Crippen molar-refractivity contribution in [3.63, 3.8) is 0 Å². The van der Waals surface area contributed by atoms with Gasteiger partial charge in [0, 0.05) is 12.3 Å². The fourth-order valence-electron chi connectivity index (χ4n) is 1.58. The van der Waals surface area contributed by atoms with E-state index in [-0.39, 0.29) is 0 Å². The Hall–Kier alpha value is -0.670. The van der Waals surface area contributed by atoms with Gasteiger partial charge in [-0.15, -0.1) is 0 Å². The first-order valence-electron chi connectivity index (χ1n) is 5.69.